The Morgan fingerprint density at radius 3 is 2.15 bits per heavy atom. The summed E-state index contributed by atoms with van der Waals surface area (Å²) < 4.78 is 0. The zero-order valence-electron chi connectivity index (χ0n) is 9.93. The van der Waals surface area contributed by atoms with Crippen LogP contribution in [0.4, 0.5) is 0 Å². The zero-order chi connectivity index (χ0) is 10.5. The van der Waals surface area contributed by atoms with Crippen molar-refractivity contribution in [3.05, 3.63) is 0 Å². The highest BCUT2D eigenvalue weighted by Gasteiger charge is 2.15. The Labute approximate surface area is 83.5 Å². The summed E-state index contributed by atoms with van der Waals surface area (Å²) in [5.74, 6) is 0.660. The monoisotopic (exact) mass is 186 g/mol. The van der Waals surface area contributed by atoms with Crippen LogP contribution in [0.15, 0.2) is 0 Å². The third-order valence-corrected chi connectivity index (χ3v) is 2.22. The molecule has 0 spiro atoms. The largest absolute Gasteiger partial charge is 0.330 e. The Morgan fingerprint density at radius 1 is 1.31 bits per heavy atom. The molecule has 0 saturated carbocycles. The van der Waals surface area contributed by atoms with E-state index in [4.69, 9.17) is 5.73 Å². The van der Waals surface area contributed by atoms with Crippen LogP contribution in [0.2, 0.25) is 0 Å². The molecule has 0 aromatic carbocycles. The molecule has 0 aromatic rings. The second kappa shape index (κ2) is 5.61. The third kappa shape index (κ3) is 7.03. The van der Waals surface area contributed by atoms with Crippen LogP contribution < -0.4 is 5.73 Å². The molecule has 1 unspecified atom stereocenters. The van der Waals surface area contributed by atoms with Gasteiger partial charge in [0.25, 0.3) is 0 Å². The molecular formula is C11H26N2. The molecule has 2 nitrogen and oxygen atoms in total. The van der Waals surface area contributed by atoms with Crippen LogP contribution in [-0.4, -0.2) is 31.6 Å². The standard InChI is InChI=1S/C11H26N2/c1-6-10(7-12)8-13(5)9-11(2,3)4/h10H,6-9,12H2,1-5H3. The number of hydrogen-bond acceptors (Lipinski definition) is 2. The Balaban J connectivity index is 3.79. The van der Waals surface area contributed by atoms with Crippen molar-refractivity contribution in [2.24, 2.45) is 17.1 Å². The smallest absolute Gasteiger partial charge is 0.00271 e. The van der Waals surface area contributed by atoms with E-state index in [2.05, 4.69) is 39.6 Å². The fourth-order valence-electron chi connectivity index (χ4n) is 1.69. The molecule has 2 heteroatoms. The van der Waals surface area contributed by atoms with Gasteiger partial charge in [-0.1, -0.05) is 34.1 Å². The van der Waals surface area contributed by atoms with E-state index in [9.17, 15) is 0 Å². The van der Waals surface area contributed by atoms with Crippen LogP contribution >= 0.6 is 0 Å². The van der Waals surface area contributed by atoms with E-state index in [0.29, 0.717) is 11.3 Å². The van der Waals surface area contributed by atoms with Crippen LogP contribution in [0.25, 0.3) is 0 Å². The topological polar surface area (TPSA) is 29.3 Å². The molecule has 0 fully saturated rings. The van der Waals surface area contributed by atoms with E-state index in [-0.39, 0.29) is 0 Å². The summed E-state index contributed by atoms with van der Waals surface area (Å²) in [4.78, 5) is 2.39. The molecule has 0 aliphatic rings. The lowest BCUT2D eigenvalue weighted by Gasteiger charge is -2.29. The predicted octanol–water partition coefficient (Wildman–Crippen LogP) is 1.95. The minimum absolute atomic E-state index is 0.391. The van der Waals surface area contributed by atoms with Crippen LogP contribution in [0.5, 0.6) is 0 Å². The normalized spacial score (nSPS) is 15.0. The van der Waals surface area contributed by atoms with Gasteiger partial charge >= 0.3 is 0 Å². The highest BCUT2D eigenvalue weighted by molar-refractivity contribution is 4.69. The minimum atomic E-state index is 0.391. The lowest BCUT2D eigenvalue weighted by atomic mass is 9.95. The van der Waals surface area contributed by atoms with E-state index in [1.807, 2.05) is 0 Å². The highest BCUT2D eigenvalue weighted by atomic mass is 15.1. The first-order chi connectivity index (χ1) is 5.89. The van der Waals surface area contributed by atoms with Gasteiger partial charge in [-0.2, -0.15) is 0 Å². The minimum Gasteiger partial charge on any atom is -0.330 e. The summed E-state index contributed by atoms with van der Waals surface area (Å²) in [5, 5.41) is 0. The number of nitrogens with two attached hydrogens (primary N) is 1. The predicted molar refractivity (Wildman–Crippen MR) is 59.8 cm³/mol. The fraction of sp³-hybridized carbons (Fsp3) is 1.00. The number of hydrogen-bond donors (Lipinski definition) is 1. The first kappa shape index (κ1) is 12.9. The molecule has 0 aliphatic carbocycles. The SMILES string of the molecule is CCC(CN)CN(C)CC(C)(C)C. The molecule has 1 atom stereocenters. The fourth-order valence-corrected chi connectivity index (χ4v) is 1.69. The summed E-state index contributed by atoms with van der Waals surface area (Å²) >= 11 is 0. The van der Waals surface area contributed by atoms with Gasteiger partial charge < -0.3 is 10.6 Å². The van der Waals surface area contributed by atoms with Crippen LogP contribution in [0, 0.1) is 11.3 Å². The maximum atomic E-state index is 5.67. The van der Waals surface area contributed by atoms with Crippen molar-refractivity contribution >= 4 is 0 Å². The van der Waals surface area contributed by atoms with Gasteiger partial charge in [0.2, 0.25) is 0 Å². The van der Waals surface area contributed by atoms with Gasteiger partial charge in [0.15, 0.2) is 0 Å². The molecule has 2 N–H and O–H groups in total. The van der Waals surface area contributed by atoms with Gasteiger partial charge in [-0.15, -0.1) is 0 Å². The molecule has 80 valence electrons. The Kier molecular flexibility index (Phi) is 5.57. The maximum absolute atomic E-state index is 5.67. The first-order valence-electron chi connectivity index (χ1n) is 5.27. The van der Waals surface area contributed by atoms with E-state index in [0.717, 1.165) is 19.6 Å². The molecule has 0 amide bonds. The Hall–Kier alpha value is -0.0800. The summed E-state index contributed by atoms with van der Waals surface area (Å²) in [6.45, 7) is 12.1. The molecule has 0 rings (SSSR count). The van der Waals surface area contributed by atoms with Crippen molar-refractivity contribution in [1.29, 1.82) is 0 Å². The van der Waals surface area contributed by atoms with Crippen molar-refractivity contribution in [2.75, 3.05) is 26.7 Å². The van der Waals surface area contributed by atoms with E-state index >= 15 is 0 Å². The molecule has 0 bridgehead atoms. The molecule has 0 saturated heterocycles. The summed E-state index contributed by atoms with van der Waals surface area (Å²) in [7, 11) is 2.18. The highest BCUT2D eigenvalue weighted by Crippen LogP contribution is 2.15. The zero-order valence-corrected chi connectivity index (χ0v) is 9.93. The first-order valence-corrected chi connectivity index (χ1v) is 5.27. The molecule has 13 heavy (non-hydrogen) atoms. The van der Waals surface area contributed by atoms with Gasteiger partial charge in [-0.3, -0.25) is 0 Å². The molecule has 0 radical (unpaired) electrons. The van der Waals surface area contributed by atoms with Crippen LogP contribution in [0.1, 0.15) is 34.1 Å². The lowest BCUT2D eigenvalue weighted by Crippen LogP contribution is -2.35. The van der Waals surface area contributed by atoms with Crippen molar-refractivity contribution in [1.82, 2.24) is 4.90 Å². The quantitative estimate of drug-likeness (QED) is 0.711. The molecule has 0 aliphatic heterocycles. The van der Waals surface area contributed by atoms with E-state index in [1.165, 1.54) is 6.42 Å². The average molecular weight is 186 g/mol. The number of nitrogens with zero attached hydrogens (tertiary/aromatic N) is 1. The van der Waals surface area contributed by atoms with Crippen LogP contribution in [0.3, 0.4) is 0 Å². The molecule has 0 aromatic heterocycles. The van der Waals surface area contributed by atoms with Crippen molar-refractivity contribution < 1.29 is 0 Å². The van der Waals surface area contributed by atoms with Crippen molar-refractivity contribution in [3.8, 4) is 0 Å². The third-order valence-electron chi connectivity index (χ3n) is 2.22. The second-order valence-corrected chi connectivity index (χ2v) is 5.27. The average Bonchev–Trinajstić information content (AvgIpc) is 1.96. The van der Waals surface area contributed by atoms with Crippen LogP contribution in [-0.2, 0) is 0 Å². The lowest BCUT2D eigenvalue weighted by molar-refractivity contribution is 0.199. The van der Waals surface area contributed by atoms with E-state index < -0.39 is 0 Å². The maximum Gasteiger partial charge on any atom is 0.00271 e. The Morgan fingerprint density at radius 2 is 1.85 bits per heavy atom. The second-order valence-electron chi connectivity index (χ2n) is 5.27. The summed E-state index contributed by atoms with van der Waals surface area (Å²) in [6, 6.07) is 0. The molecular weight excluding hydrogens is 160 g/mol. The number of rotatable bonds is 5. The van der Waals surface area contributed by atoms with Gasteiger partial charge in [-0.05, 0) is 24.9 Å². The van der Waals surface area contributed by atoms with Gasteiger partial charge in [0.05, 0.1) is 0 Å². The van der Waals surface area contributed by atoms with Crippen molar-refractivity contribution in [2.45, 2.75) is 34.1 Å². The van der Waals surface area contributed by atoms with Gasteiger partial charge in [0, 0.05) is 13.1 Å². The van der Waals surface area contributed by atoms with Gasteiger partial charge in [0.1, 0.15) is 0 Å². The van der Waals surface area contributed by atoms with E-state index in [1.54, 1.807) is 0 Å². The Bertz CT molecular complexity index is 123. The molecule has 0 heterocycles. The van der Waals surface area contributed by atoms with Gasteiger partial charge in [-0.25, -0.2) is 0 Å². The summed E-state index contributed by atoms with van der Waals surface area (Å²) in [5.41, 5.74) is 6.06. The van der Waals surface area contributed by atoms with Crippen molar-refractivity contribution in [3.63, 3.8) is 0 Å². The summed E-state index contributed by atoms with van der Waals surface area (Å²) in [6.07, 6.45) is 1.19.